The molecule has 12 rings (SSSR count). The molecule has 6 N–H and O–H groups in total. The van der Waals surface area contributed by atoms with E-state index in [1.54, 1.807) is 83.3 Å². The van der Waals surface area contributed by atoms with E-state index in [0.717, 1.165) is 156 Å². The quantitative estimate of drug-likeness (QED) is 0.00945. The zero-order valence-electron chi connectivity index (χ0n) is 66.7. The predicted octanol–water partition coefficient (Wildman–Crippen LogP) is 11.6. The molecule has 2 aliphatic heterocycles. The van der Waals surface area contributed by atoms with Crippen LogP contribution in [0.25, 0.3) is 22.1 Å². The first-order valence-corrected chi connectivity index (χ1v) is 43.2. The van der Waals surface area contributed by atoms with Gasteiger partial charge in [-0.15, -0.1) is 11.3 Å². The number of thiophene rings is 1. The summed E-state index contributed by atoms with van der Waals surface area (Å²) in [5.74, 6) is 2.84. The summed E-state index contributed by atoms with van der Waals surface area (Å²) in [5, 5.41) is 29.7. The number of carbonyl (C=O) groups is 6. The van der Waals surface area contributed by atoms with Crippen molar-refractivity contribution in [2.45, 2.75) is 198 Å². The number of likely N-dealkylation sites (N-methyl/N-ethyl adjacent to an activating group) is 1. The van der Waals surface area contributed by atoms with E-state index in [1.807, 2.05) is 57.0 Å². The van der Waals surface area contributed by atoms with Gasteiger partial charge >= 0.3 is 5.69 Å². The normalized spacial score (nSPS) is 16.3. The van der Waals surface area contributed by atoms with Crippen LogP contribution in [0.1, 0.15) is 201 Å². The van der Waals surface area contributed by atoms with E-state index < -0.39 is 0 Å². The number of aliphatic hydroxyl groups excluding tert-OH is 2. The number of unbranched alkanes of at least 4 members (excludes halogenated alkanes) is 1. The number of carbonyl (C=O) groups excluding carboxylic acids is 6. The molecule has 29 heteroatoms. The minimum absolute atomic E-state index is 0.0316. The Kier molecular flexibility index (Phi) is 35.7. The summed E-state index contributed by atoms with van der Waals surface area (Å²) in [7, 11) is 4.86. The van der Waals surface area contributed by atoms with Crippen molar-refractivity contribution in [3.8, 4) is 11.5 Å². The van der Waals surface area contributed by atoms with Gasteiger partial charge in [0, 0.05) is 146 Å². The molecule has 6 heterocycles. The van der Waals surface area contributed by atoms with Crippen LogP contribution in [0.4, 0.5) is 5.69 Å². The number of aromatic amines is 1. The van der Waals surface area contributed by atoms with Crippen LogP contribution in [-0.4, -0.2) is 218 Å². The summed E-state index contributed by atoms with van der Waals surface area (Å²) < 4.78 is 27.6. The summed E-state index contributed by atoms with van der Waals surface area (Å²) in [6.45, 7) is 16.4. The number of amides is 4. The summed E-state index contributed by atoms with van der Waals surface area (Å²) in [6.07, 6.45) is 22.8. The molecule has 1 unspecified atom stereocenters. The molecule has 7 aromatic rings. The van der Waals surface area contributed by atoms with Gasteiger partial charge in [-0.1, -0.05) is 50.3 Å². The highest BCUT2D eigenvalue weighted by atomic mass is 32.2. The topological polar surface area (TPSA) is 316 Å². The minimum atomic E-state index is -0.330. The number of aliphatic hydroxyl groups is 2. The first-order chi connectivity index (χ1) is 54.2. The van der Waals surface area contributed by atoms with Crippen LogP contribution in [0.5, 0.6) is 11.5 Å². The number of rotatable bonds is 34. The van der Waals surface area contributed by atoms with Gasteiger partial charge in [-0.2, -0.15) is 11.8 Å². The zero-order valence-corrected chi connectivity index (χ0v) is 69.2. The number of imidazole rings is 2. The molecular weight excluding hydrogens is 1490 g/mol. The molecule has 4 aromatic heterocycles. The highest BCUT2D eigenvalue weighted by molar-refractivity contribution is 8.00. The second kappa shape index (κ2) is 45.4. The number of nitrogens with zero attached hydrogens (tertiary/aromatic N) is 8. The number of piperidine rings is 2. The maximum Gasteiger partial charge on any atom is 0.329 e. The van der Waals surface area contributed by atoms with E-state index in [0.29, 0.717) is 103 Å². The molecule has 3 aliphatic carbocycles. The number of thioether (sulfide) groups is 2. The van der Waals surface area contributed by atoms with Gasteiger partial charge in [-0.05, 0) is 182 Å². The number of likely N-dealkylation sites (tertiary alicyclic amines) is 2. The molecule has 0 bridgehead atoms. The molecular formula is C83H118N12O14S3. The number of H-pyrrole nitrogens is 1. The average molecular weight is 1600 g/mol. The Balaban J connectivity index is 0.000000172. The highest BCUT2D eigenvalue weighted by Crippen LogP contribution is 2.36. The van der Waals surface area contributed by atoms with Crippen LogP contribution < -0.4 is 36.7 Å². The average Bonchev–Trinajstić information content (AvgIpc) is 1.60. The number of aryl methyl sites for hydroxylation is 1. The third-order valence-electron chi connectivity index (χ3n) is 21.2. The number of ether oxygens (including phenoxy) is 4. The van der Waals surface area contributed by atoms with Gasteiger partial charge < -0.3 is 64.5 Å². The van der Waals surface area contributed by atoms with Crippen LogP contribution >= 0.6 is 34.9 Å². The number of fused-ring (bicyclic) bond motifs is 2. The Hall–Kier alpha value is -7.74. The lowest BCUT2D eigenvalue weighted by molar-refractivity contribution is -0.121. The molecule has 5 fully saturated rings. The molecule has 3 aromatic carbocycles. The van der Waals surface area contributed by atoms with E-state index in [1.165, 1.54) is 73.3 Å². The van der Waals surface area contributed by atoms with Crippen LogP contribution in [0.3, 0.4) is 0 Å². The van der Waals surface area contributed by atoms with E-state index in [2.05, 4.69) is 52.3 Å². The van der Waals surface area contributed by atoms with Gasteiger partial charge in [-0.25, -0.2) is 14.8 Å². The molecule has 612 valence electrons. The summed E-state index contributed by atoms with van der Waals surface area (Å²) in [5.41, 5.74) is 7.49. The lowest BCUT2D eigenvalue weighted by atomic mass is 9.88. The number of methoxy groups -OCH3 is 3. The lowest BCUT2D eigenvalue weighted by Crippen LogP contribution is -2.42. The van der Waals surface area contributed by atoms with Gasteiger partial charge in [0.05, 0.1) is 77.1 Å². The Labute approximate surface area is 670 Å². The number of benzene rings is 3. The van der Waals surface area contributed by atoms with Crippen molar-refractivity contribution in [1.29, 1.82) is 0 Å². The summed E-state index contributed by atoms with van der Waals surface area (Å²) in [6, 6.07) is 18.3. The molecule has 112 heavy (non-hydrogen) atoms. The van der Waals surface area contributed by atoms with Crippen molar-refractivity contribution in [1.82, 2.24) is 54.0 Å². The van der Waals surface area contributed by atoms with Crippen molar-refractivity contribution in [3.05, 3.63) is 126 Å². The fourth-order valence-corrected chi connectivity index (χ4v) is 16.9. The molecule has 0 spiro atoms. The van der Waals surface area contributed by atoms with Crippen molar-refractivity contribution < 1.29 is 57.9 Å². The SMILES string of the molecule is CCN(CCO)C(=O)c1ccc2c(c1)n(CC1CC1)c(=O)n2C1CCCCC1.COCCNC(=O)c1ccc(OC)cc1OC1CCN(Cc2csc(C(C)=O)c2)CC1.COCCn1cnc2cc(NC(=O)C3CCCCC3)cc(C(=O)CCCCSC)c21.Cc1cc(=O)[nH]c(SC(C)C(=O)NCCN2CCC(O)CC2)n1. The van der Waals surface area contributed by atoms with E-state index in [-0.39, 0.29) is 82.5 Å². The third-order valence-corrected chi connectivity index (χ3v) is 23.9. The fourth-order valence-electron chi connectivity index (χ4n) is 14.7. The van der Waals surface area contributed by atoms with E-state index >= 15 is 0 Å². The van der Waals surface area contributed by atoms with Crippen molar-refractivity contribution in [2.75, 3.05) is 117 Å². The van der Waals surface area contributed by atoms with Gasteiger partial charge in [0.15, 0.2) is 16.7 Å². The monoisotopic (exact) mass is 1600 g/mol. The van der Waals surface area contributed by atoms with Crippen LogP contribution in [0, 0.1) is 18.8 Å². The first kappa shape index (κ1) is 88.2. The Bertz CT molecular complexity index is 4310. The fraction of sp³-hybridized carbons (Fsp3) is 0.590. The second-order valence-corrected chi connectivity index (χ2v) is 33.0. The molecule has 1 atom stereocenters. The standard InChI is InChI=1S/C23H33N3O3S.C23H30N2O5S.C22H31N3O3.C15H24N4O3S/c1-29-12-11-26-16-24-20-15-18(25-23(28)17-8-4-3-5-9-17)14-19(22(20)26)21(27)10-6-7-13-30-2;1-16(26)22-12-17(15-31-22)14-25-9-6-18(7-10-25)30-21-13-19(29-3)4-5-20(21)23(27)24-8-11-28-2;1-2-23(12-13-26)21(27)17-10-11-19-20(14-17)24(15-16-8-9-16)22(28)25(19)18-6-4-3-5-7-18;1-10-9-13(21)18-15(17-10)23-11(2)14(22)16-5-8-19-6-3-12(20)4-7-19/h14-17H,3-13H2,1-2H3,(H,25,28);4-5,12-13,15,18H,6-11,14H2,1-3H3,(H,24,27);10-11,14,16,18,26H,2-9,12-13,15H2,1H3;9,11-12,20H,3-8H2,1-2H3,(H,16,22)(H,17,18,21). The largest absolute Gasteiger partial charge is 0.497 e. The van der Waals surface area contributed by atoms with Gasteiger partial charge in [0.2, 0.25) is 11.8 Å². The van der Waals surface area contributed by atoms with E-state index in [4.69, 9.17) is 18.9 Å². The third kappa shape index (κ3) is 26.4. The molecule has 26 nitrogen and oxygen atoms in total. The van der Waals surface area contributed by atoms with Crippen molar-refractivity contribution >= 4 is 97.8 Å². The van der Waals surface area contributed by atoms with Crippen LogP contribution in [0.15, 0.2) is 87.1 Å². The first-order valence-electron chi connectivity index (χ1n) is 40.0. The van der Waals surface area contributed by atoms with E-state index in [9.17, 15) is 48.6 Å². The lowest BCUT2D eigenvalue weighted by Gasteiger charge is -2.32. The Morgan fingerprint density at radius 2 is 1.51 bits per heavy atom. The van der Waals surface area contributed by atoms with Crippen molar-refractivity contribution in [2.24, 2.45) is 11.8 Å². The number of aromatic nitrogens is 6. The highest BCUT2D eigenvalue weighted by Gasteiger charge is 2.31. The Morgan fingerprint density at radius 1 is 0.786 bits per heavy atom. The van der Waals surface area contributed by atoms with Gasteiger partial charge in [0.1, 0.15) is 17.6 Å². The maximum absolute atomic E-state index is 13.3. The molecule has 0 radical (unpaired) electrons. The Morgan fingerprint density at radius 3 is 2.17 bits per heavy atom. The van der Waals surface area contributed by atoms with Crippen molar-refractivity contribution in [3.63, 3.8) is 0 Å². The maximum atomic E-state index is 13.3. The number of Topliss-reactive ketones (excluding diaryl/α,β-unsaturated/α-hetero) is 2. The molecule has 5 aliphatic rings. The predicted molar refractivity (Wildman–Crippen MR) is 443 cm³/mol. The number of nitrogens with one attached hydrogen (secondary N) is 4. The number of anilines is 1. The summed E-state index contributed by atoms with van der Waals surface area (Å²) in [4.78, 5) is 118. The van der Waals surface area contributed by atoms with Gasteiger partial charge in [-0.3, -0.25) is 47.6 Å². The van der Waals surface area contributed by atoms with Crippen LogP contribution in [-0.2, 0) is 38.7 Å². The molecule has 2 saturated heterocycles. The number of hydrogen-bond acceptors (Lipinski definition) is 21. The van der Waals surface area contributed by atoms with Gasteiger partial charge in [0.25, 0.3) is 17.4 Å². The zero-order chi connectivity index (χ0) is 80.1. The summed E-state index contributed by atoms with van der Waals surface area (Å²) >= 11 is 4.55. The number of hydrogen-bond donors (Lipinski definition) is 6. The number of ketones is 2. The molecule has 4 amide bonds. The molecule has 3 saturated carbocycles. The van der Waals surface area contributed by atoms with Crippen LogP contribution in [0.2, 0.25) is 0 Å². The smallest absolute Gasteiger partial charge is 0.329 e. The second-order valence-electron chi connectivity index (χ2n) is 29.7. The minimum Gasteiger partial charge on any atom is -0.497 e.